The van der Waals surface area contributed by atoms with E-state index in [1.165, 1.54) is 16.9 Å². The summed E-state index contributed by atoms with van der Waals surface area (Å²) in [4.78, 5) is 29.3. The molecule has 8 nitrogen and oxygen atoms in total. The Morgan fingerprint density at radius 1 is 1.16 bits per heavy atom. The van der Waals surface area contributed by atoms with Crippen molar-refractivity contribution in [2.75, 3.05) is 6.61 Å². The molecule has 0 aliphatic carbocycles. The van der Waals surface area contributed by atoms with Crippen LogP contribution in [0.3, 0.4) is 0 Å². The molecule has 4 rings (SSSR count). The highest BCUT2D eigenvalue weighted by Crippen LogP contribution is 2.14. The molecule has 0 atom stereocenters. The fraction of sp³-hybridized carbons (Fsp3) is 0.227. The van der Waals surface area contributed by atoms with Crippen molar-refractivity contribution < 1.29 is 14.3 Å². The molecule has 0 spiro atoms. The van der Waals surface area contributed by atoms with E-state index < -0.39 is 18.5 Å². The molecule has 0 unspecified atom stereocenters. The Morgan fingerprint density at radius 3 is 2.74 bits per heavy atom. The van der Waals surface area contributed by atoms with Gasteiger partial charge in [0, 0.05) is 24.7 Å². The fourth-order valence-electron chi connectivity index (χ4n) is 3.08. The molecular formula is C22H21N5O3S. The van der Waals surface area contributed by atoms with Crippen LogP contribution in [0.15, 0.2) is 59.0 Å². The topological polar surface area (TPSA) is 91.4 Å². The maximum atomic E-state index is 12.3. The van der Waals surface area contributed by atoms with Crippen LogP contribution in [-0.2, 0) is 22.6 Å². The SMILES string of the molecule is CCn1nnc2cc(C(=O)OCC(=O)N=c3sccn3Cc3ccc(C)cc3)ccc21. The highest BCUT2D eigenvalue weighted by atomic mass is 32.1. The third-order valence-electron chi connectivity index (χ3n) is 4.73. The second-order valence-corrected chi connectivity index (χ2v) is 7.86. The van der Waals surface area contributed by atoms with Gasteiger partial charge in [0.2, 0.25) is 0 Å². The number of benzene rings is 2. The number of ether oxygens (including phenoxy) is 1. The third-order valence-corrected chi connectivity index (χ3v) is 5.52. The van der Waals surface area contributed by atoms with Gasteiger partial charge in [0.05, 0.1) is 11.1 Å². The number of aromatic nitrogens is 4. The first-order valence-corrected chi connectivity index (χ1v) is 10.7. The van der Waals surface area contributed by atoms with Gasteiger partial charge in [0.1, 0.15) is 5.52 Å². The van der Waals surface area contributed by atoms with Gasteiger partial charge >= 0.3 is 5.97 Å². The lowest BCUT2D eigenvalue weighted by molar-refractivity contribution is -0.121. The molecule has 0 aliphatic rings. The van der Waals surface area contributed by atoms with E-state index in [4.69, 9.17) is 4.74 Å². The summed E-state index contributed by atoms with van der Waals surface area (Å²) in [5, 5.41) is 9.93. The quantitative estimate of drug-likeness (QED) is 0.434. The van der Waals surface area contributed by atoms with Crippen LogP contribution in [0.4, 0.5) is 0 Å². The highest BCUT2D eigenvalue weighted by molar-refractivity contribution is 7.07. The predicted molar refractivity (Wildman–Crippen MR) is 117 cm³/mol. The van der Waals surface area contributed by atoms with E-state index in [9.17, 15) is 9.59 Å². The number of carbonyl (C=O) groups is 2. The largest absolute Gasteiger partial charge is 0.452 e. The van der Waals surface area contributed by atoms with Gasteiger partial charge in [-0.05, 0) is 37.6 Å². The van der Waals surface area contributed by atoms with E-state index >= 15 is 0 Å². The number of thiazole rings is 1. The average Bonchev–Trinajstić information content (AvgIpc) is 3.39. The zero-order valence-electron chi connectivity index (χ0n) is 17.2. The Morgan fingerprint density at radius 2 is 1.97 bits per heavy atom. The molecule has 0 N–H and O–H groups in total. The first kappa shape index (κ1) is 20.7. The van der Waals surface area contributed by atoms with Gasteiger partial charge in [-0.1, -0.05) is 35.0 Å². The van der Waals surface area contributed by atoms with Crippen LogP contribution in [0.2, 0.25) is 0 Å². The second-order valence-electron chi connectivity index (χ2n) is 6.99. The summed E-state index contributed by atoms with van der Waals surface area (Å²) in [6.07, 6.45) is 1.88. The molecule has 2 heterocycles. The minimum absolute atomic E-state index is 0.314. The number of fused-ring (bicyclic) bond motifs is 1. The van der Waals surface area contributed by atoms with Crippen LogP contribution in [0.5, 0.6) is 0 Å². The zero-order valence-corrected chi connectivity index (χ0v) is 18.0. The van der Waals surface area contributed by atoms with Gasteiger partial charge in [0.15, 0.2) is 11.4 Å². The first-order valence-electron chi connectivity index (χ1n) is 9.81. The van der Waals surface area contributed by atoms with Gasteiger partial charge in [-0.15, -0.1) is 16.4 Å². The van der Waals surface area contributed by atoms with E-state index in [-0.39, 0.29) is 0 Å². The minimum atomic E-state index is -0.602. The van der Waals surface area contributed by atoms with Gasteiger partial charge < -0.3 is 9.30 Å². The normalized spacial score (nSPS) is 11.7. The molecule has 4 aromatic rings. The summed E-state index contributed by atoms with van der Waals surface area (Å²) in [5.74, 6) is -1.12. The van der Waals surface area contributed by atoms with Crippen molar-refractivity contribution in [2.24, 2.45) is 4.99 Å². The van der Waals surface area contributed by atoms with Crippen LogP contribution in [-0.4, -0.2) is 38.0 Å². The van der Waals surface area contributed by atoms with Crippen molar-refractivity contribution >= 4 is 34.2 Å². The molecule has 158 valence electrons. The van der Waals surface area contributed by atoms with Gasteiger partial charge in [0.25, 0.3) is 5.91 Å². The van der Waals surface area contributed by atoms with Crippen molar-refractivity contribution in [2.45, 2.75) is 26.9 Å². The second kappa shape index (κ2) is 9.05. The van der Waals surface area contributed by atoms with Gasteiger partial charge in [-0.25, -0.2) is 9.48 Å². The smallest absolute Gasteiger partial charge is 0.338 e. The third kappa shape index (κ3) is 4.77. The summed E-state index contributed by atoms with van der Waals surface area (Å²) >= 11 is 1.35. The lowest BCUT2D eigenvalue weighted by atomic mass is 10.1. The van der Waals surface area contributed by atoms with E-state index in [1.54, 1.807) is 22.9 Å². The number of hydrogen-bond acceptors (Lipinski definition) is 6. The Hall–Kier alpha value is -3.59. The van der Waals surface area contributed by atoms with E-state index in [0.29, 0.717) is 29.0 Å². The number of nitrogens with zero attached hydrogens (tertiary/aromatic N) is 5. The van der Waals surface area contributed by atoms with Crippen LogP contribution >= 0.6 is 11.3 Å². The molecule has 0 bridgehead atoms. The molecule has 0 fully saturated rings. The van der Waals surface area contributed by atoms with Gasteiger partial charge in [-0.2, -0.15) is 4.99 Å². The standard InChI is InChI=1S/C22H21N5O3S/c1-3-27-19-9-8-17(12-18(19)24-25-27)21(29)30-14-20(28)23-22-26(10-11-31-22)13-16-6-4-15(2)5-7-16/h4-12H,3,13-14H2,1-2H3. The summed E-state index contributed by atoms with van der Waals surface area (Å²) in [5.41, 5.74) is 4.05. The molecule has 0 radical (unpaired) electrons. The number of hydrogen-bond donors (Lipinski definition) is 0. The number of esters is 1. The number of carbonyl (C=O) groups excluding carboxylic acids is 2. The molecule has 0 saturated heterocycles. The lowest BCUT2D eigenvalue weighted by Crippen LogP contribution is -2.20. The molecular weight excluding hydrogens is 414 g/mol. The summed E-state index contributed by atoms with van der Waals surface area (Å²) in [6.45, 7) is 4.86. The van der Waals surface area contributed by atoms with E-state index in [0.717, 1.165) is 11.1 Å². The molecule has 1 amide bonds. The molecule has 0 saturated carbocycles. The van der Waals surface area contributed by atoms with Crippen LogP contribution in [0.25, 0.3) is 11.0 Å². The fourth-order valence-corrected chi connectivity index (χ4v) is 3.82. The molecule has 2 aromatic heterocycles. The summed E-state index contributed by atoms with van der Waals surface area (Å²) in [6, 6.07) is 13.2. The van der Waals surface area contributed by atoms with Crippen LogP contribution in [0.1, 0.15) is 28.4 Å². The predicted octanol–water partition coefficient (Wildman–Crippen LogP) is 2.96. The molecule has 0 aliphatic heterocycles. The van der Waals surface area contributed by atoms with Crippen molar-refractivity contribution in [1.29, 1.82) is 0 Å². The Balaban J connectivity index is 1.41. The van der Waals surface area contributed by atoms with Crippen molar-refractivity contribution in [3.63, 3.8) is 0 Å². The molecule has 31 heavy (non-hydrogen) atoms. The summed E-state index contributed by atoms with van der Waals surface area (Å²) < 4.78 is 8.77. The molecule has 9 heteroatoms. The Labute approximate surface area is 182 Å². The maximum Gasteiger partial charge on any atom is 0.338 e. The van der Waals surface area contributed by atoms with Crippen molar-refractivity contribution in [1.82, 2.24) is 19.6 Å². The van der Waals surface area contributed by atoms with Gasteiger partial charge in [-0.3, -0.25) is 4.79 Å². The molecule has 2 aromatic carbocycles. The van der Waals surface area contributed by atoms with E-state index in [1.807, 2.05) is 54.3 Å². The first-order chi connectivity index (χ1) is 15.0. The average molecular weight is 436 g/mol. The zero-order chi connectivity index (χ0) is 21.8. The van der Waals surface area contributed by atoms with Crippen molar-refractivity contribution in [3.8, 4) is 0 Å². The minimum Gasteiger partial charge on any atom is -0.452 e. The van der Waals surface area contributed by atoms with E-state index in [2.05, 4.69) is 15.3 Å². The van der Waals surface area contributed by atoms with Crippen LogP contribution in [0, 0.1) is 6.92 Å². The maximum absolute atomic E-state index is 12.3. The number of amides is 1. The highest BCUT2D eigenvalue weighted by Gasteiger charge is 2.13. The van der Waals surface area contributed by atoms with Crippen molar-refractivity contribution in [3.05, 3.63) is 75.5 Å². The number of rotatable bonds is 6. The lowest BCUT2D eigenvalue weighted by Gasteiger charge is -2.04. The van der Waals surface area contributed by atoms with Crippen LogP contribution < -0.4 is 4.80 Å². The Kier molecular flexibility index (Phi) is 6.03. The summed E-state index contributed by atoms with van der Waals surface area (Å²) in [7, 11) is 0. The number of aryl methyl sites for hydroxylation is 2. The monoisotopic (exact) mass is 435 g/mol. The Bertz CT molecular complexity index is 1300.